The Morgan fingerprint density at radius 3 is 2.94 bits per heavy atom. The quantitative estimate of drug-likeness (QED) is 0.678. The van der Waals surface area contributed by atoms with E-state index in [9.17, 15) is 9.90 Å². The summed E-state index contributed by atoms with van der Waals surface area (Å²) in [5.74, 6) is -0.278. The highest BCUT2D eigenvalue weighted by molar-refractivity contribution is 5.76. The molecule has 0 aromatic heterocycles. The molecular formula is C13H24N2O2. The molecule has 0 spiro atoms. The Balaban J connectivity index is 2.43. The van der Waals surface area contributed by atoms with E-state index in [2.05, 4.69) is 18.4 Å². The van der Waals surface area contributed by atoms with Gasteiger partial charge in [-0.3, -0.25) is 9.69 Å². The van der Waals surface area contributed by atoms with Crippen LogP contribution in [0, 0.1) is 5.92 Å². The predicted molar refractivity (Wildman–Crippen MR) is 68.4 cm³/mol. The number of β-amino-alcohol motifs (C(OH)–C–C–N with tert-alkyl or cyclic N) is 1. The van der Waals surface area contributed by atoms with Crippen molar-refractivity contribution in [2.75, 3.05) is 13.1 Å². The van der Waals surface area contributed by atoms with Gasteiger partial charge < -0.3 is 10.8 Å². The highest BCUT2D eigenvalue weighted by Crippen LogP contribution is 2.22. The molecule has 4 nitrogen and oxygen atoms in total. The van der Waals surface area contributed by atoms with Crippen molar-refractivity contribution in [3.63, 3.8) is 0 Å². The number of carbonyl (C=O) groups is 1. The molecule has 3 atom stereocenters. The number of primary amides is 1. The molecule has 0 aromatic carbocycles. The number of hydrogen-bond acceptors (Lipinski definition) is 3. The number of likely N-dealkylation sites (tertiary alicyclic amines) is 1. The third kappa shape index (κ3) is 4.48. The van der Waals surface area contributed by atoms with Crippen LogP contribution < -0.4 is 5.73 Å². The van der Waals surface area contributed by atoms with Crippen molar-refractivity contribution in [2.24, 2.45) is 11.7 Å². The van der Waals surface area contributed by atoms with E-state index in [1.165, 1.54) is 0 Å². The zero-order valence-corrected chi connectivity index (χ0v) is 10.6. The lowest BCUT2D eigenvalue weighted by molar-refractivity contribution is -0.124. The van der Waals surface area contributed by atoms with Gasteiger partial charge in [-0.05, 0) is 32.6 Å². The van der Waals surface area contributed by atoms with Crippen molar-refractivity contribution in [3.8, 4) is 0 Å². The molecule has 0 aromatic rings. The predicted octanol–water partition coefficient (Wildman–Crippen LogP) is 0.899. The van der Waals surface area contributed by atoms with E-state index in [0.29, 0.717) is 19.1 Å². The molecule has 3 unspecified atom stereocenters. The smallest absolute Gasteiger partial charge is 0.221 e. The number of rotatable bonds is 6. The van der Waals surface area contributed by atoms with Gasteiger partial charge in [0.05, 0.1) is 12.0 Å². The summed E-state index contributed by atoms with van der Waals surface area (Å²) in [5, 5.41) is 9.87. The zero-order chi connectivity index (χ0) is 12.8. The molecule has 98 valence electrons. The number of hydrogen-bond donors (Lipinski definition) is 2. The molecule has 1 amide bonds. The molecule has 1 aliphatic rings. The number of nitrogens with two attached hydrogens (primary N) is 1. The molecule has 3 N–H and O–H groups in total. The van der Waals surface area contributed by atoms with E-state index in [0.717, 1.165) is 25.7 Å². The topological polar surface area (TPSA) is 66.6 Å². The van der Waals surface area contributed by atoms with Crippen molar-refractivity contribution in [3.05, 3.63) is 12.7 Å². The standard InChI is InChI=1S/C13H24N2O2/c1-3-4-5-12(16)9-15-8-11(13(14)17)7-6-10(15)2/h3,10-12,16H,1,4-9H2,2H3,(H2,14,17). The van der Waals surface area contributed by atoms with Gasteiger partial charge in [0.15, 0.2) is 0 Å². The van der Waals surface area contributed by atoms with Crippen LogP contribution in [0.15, 0.2) is 12.7 Å². The van der Waals surface area contributed by atoms with Gasteiger partial charge in [-0.2, -0.15) is 0 Å². The Morgan fingerprint density at radius 2 is 2.35 bits per heavy atom. The van der Waals surface area contributed by atoms with Crippen LogP contribution in [0.25, 0.3) is 0 Å². The maximum Gasteiger partial charge on any atom is 0.221 e. The minimum Gasteiger partial charge on any atom is -0.392 e. The fourth-order valence-corrected chi connectivity index (χ4v) is 2.34. The summed E-state index contributed by atoms with van der Waals surface area (Å²) in [7, 11) is 0. The van der Waals surface area contributed by atoms with Crippen molar-refractivity contribution < 1.29 is 9.90 Å². The first kappa shape index (κ1) is 14.2. The zero-order valence-electron chi connectivity index (χ0n) is 10.6. The normalized spacial score (nSPS) is 27.6. The number of amides is 1. The van der Waals surface area contributed by atoms with Crippen LogP contribution in [0.1, 0.15) is 32.6 Å². The van der Waals surface area contributed by atoms with Gasteiger partial charge in [0.1, 0.15) is 0 Å². The molecule has 1 rings (SSSR count). The third-order valence-electron chi connectivity index (χ3n) is 3.56. The number of piperidine rings is 1. The first-order chi connectivity index (χ1) is 8.04. The second kappa shape index (κ2) is 6.77. The van der Waals surface area contributed by atoms with E-state index < -0.39 is 0 Å². The molecule has 4 heteroatoms. The largest absolute Gasteiger partial charge is 0.392 e. The first-order valence-electron chi connectivity index (χ1n) is 6.37. The highest BCUT2D eigenvalue weighted by atomic mass is 16.3. The Hall–Kier alpha value is -0.870. The average molecular weight is 240 g/mol. The maximum absolute atomic E-state index is 11.2. The first-order valence-corrected chi connectivity index (χ1v) is 6.37. The minimum atomic E-state index is -0.345. The molecule has 1 saturated heterocycles. The van der Waals surface area contributed by atoms with Gasteiger partial charge in [0.25, 0.3) is 0 Å². The van der Waals surface area contributed by atoms with E-state index >= 15 is 0 Å². The Kier molecular flexibility index (Phi) is 5.65. The summed E-state index contributed by atoms with van der Waals surface area (Å²) in [6, 6.07) is 0.420. The summed E-state index contributed by atoms with van der Waals surface area (Å²) in [6.45, 7) is 7.09. The van der Waals surface area contributed by atoms with Gasteiger partial charge in [-0.25, -0.2) is 0 Å². The van der Waals surface area contributed by atoms with E-state index in [1.54, 1.807) is 0 Å². The molecule has 17 heavy (non-hydrogen) atoms. The summed E-state index contributed by atoms with van der Waals surface area (Å²) in [4.78, 5) is 13.4. The molecule has 1 heterocycles. The van der Waals surface area contributed by atoms with Crippen LogP contribution in [-0.4, -0.2) is 41.1 Å². The molecule has 0 aliphatic carbocycles. The van der Waals surface area contributed by atoms with Crippen LogP contribution in [0.3, 0.4) is 0 Å². The van der Waals surface area contributed by atoms with Crippen molar-refractivity contribution in [2.45, 2.75) is 44.8 Å². The van der Waals surface area contributed by atoms with Crippen molar-refractivity contribution in [1.29, 1.82) is 0 Å². The number of aliphatic hydroxyl groups excluding tert-OH is 1. The van der Waals surface area contributed by atoms with Gasteiger partial charge in [-0.15, -0.1) is 6.58 Å². The fourth-order valence-electron chi connectivity index (χ4n) is 2.34. The lowest BCUT2D eigenvalue weighted by Crippen LogP contribution is -2.48. The average Bonchev–Trinajstić information content (AvgIpc) is 2.29. The number of carbonyl (C=O) groups excluding carboxylic acids is 1. The molecule has 1 fully saturated rings. The minimum absolute atomic E-state index is 0.0576. The summed E-state index contributed by atoms with van der Waals surface area (Å²) >= 11 is 0. The molecule has 0 radical (unpaired) electrons. The fraction of sp³-hybridized carbons (Fsp3) is 0.769. The van der Waals surface area contributed by atoms with E-state index in [4.69, 9.17) is 5.73 Å². The van der Waals surface area contributed by atoms with Gasteiger partial charge in [0, 0.05) is 19.1 Å². The van der Waals surface area contributed by atoms with Crippen LogP contribution in [0.2, 0.25) is 0 Å². The number of nitrogens with zero attached hydrogens (tertiary/aromatic N) is 1. The van der Waals surface area contributed by atoms with E-state index in [1.807, 2.05) is 6.08 Å². The summed E-state index contributed by atoms with van der Waals surface area (Å²) in [5.41, 5.74) is 5.34. The van der Waals surface area contributed by atoms with E-state index in [-0.39, 0.29) is 17.9 Å². The maximum atomic E-state index is 11.2. The molecule has 1 aliphatic heterocycles. The Bertz CT molecular complexity index is 268. The Morgan fingerprint density at radius 1 is 1.65 bits per heavy atom. The monoisotopic (exact) mass is 240 g/mol. The molecule has 0 bridgehead atoms. The van der Waals surface area contributed by atoms with Gasteiger partial charge in [-0.1, -0.05) is 6.08 Å². The number of allylic oxidation sites excluding steroid dienone is 1. The lowest BCUT2D eigenvalue weighted by Gasteiger charge is -2.37. The van der Waals surface area contributed by atoms with Crippen LogP contribution >= 0.6 is 0 Å². The van der Waals surface area contributed by atoms with Gasteiger partial charge >= 0.3 is 0 Å². The second-order valence-corrected chi connectivity index (χ2v) is 5.00. The van der Waals surface area contributed by atoms with Crippen molar-refractivity contribution in [1.82, 2.24) is 4.90 Å². The summed E-state index contributed by atoms with van der Waals surface area (Å²) in [6.07, 6.45) is 4.87. The SMILES string of the molecule is C=CCCC(O)CN1CC(C(N)=O)CCC1C. The van der Waals surface area contributed by atoms with Gasteiger partial charge in [0.2, 0.25) is 5.91 Å². The highest BCUT2D eigenvalue weighted by Gasteiger charge is 2.29. The summed E-state index contributed by atoms with van der Waals surface area (Å²) < 4.78 is 0. The molecule has 0 saturated carbocycles. The van der Waals surface area contributed by atoms with Crippen LogP contribution in [0.5, 0.6) is 0 Å². The van der Waals surface area contributed by atoms with Crippen molar-refractivity contribution >= 4 is 5.91 Å². The number of aliphatic hydroxyl groups is 1. The third-order valence-corrected chi connectivity index (χ3v) is 3.56. The van der Waals surface area contributed by atoms with Crippen LogP contribution in [0.4, 0.5) is 0 Å². The molecular weight excluding hydrogens is 216 g/mol. The van der Waals surface area contributed by atoms with Crippen LogP contribution in [-0.2, 0) is 4.79 Å². The Labute approximate surface area is 103 Å². The second-order valence-electron chi connectivity index (χ2n) is 5.00. The lowest BCUT2D eigenvalue weighted by atomic mass is 9.92.